The predicted octanol–water partition coefficient (Wildman–Crippen LogP) is 5.53. The Morgan fingerprint density at radius 3 is 2.27 bits per heavy atom. The Labute approximate surface area is 291 Å². The number of nitrogens with zero attached hydrogens (tertiary/aromatic N) is 3. The van der Waals surface area contributed by atoms with Crippen LogP contribution < -0.4 is 11.1 Å². The minimum atomic E-state index is -0.828. The standard InChI is InChI=1S/C39H53N5O3S/c1-28(27-39(2,3)40)24-36(45)43(5)35(25-29-16-18-31(19-17-29)30-12-8-7-9-13-30)38(47)44(6)34(26-33-15-11-23-48-33)37(46)41-21-20-32-14-10-22-42(32)4/h7-9,11-13,15-19,23-24,32,34-35H,10,14,20-22,25-27,40H2,1-6H3,(H,41,46)/b28-24+/t32?,34-,35-/m1/s1. The van der Waals surface area contributed by atoms with Crippen molar-refractivity contribution < 1.29 is 14.4 Å². The van der Waals surface area contributed by atoms with Crippen molar-refractivity contribution in [2.45, 2.75) is 83.0 Å². The Kier molecular flexibility index (Phi) is 13.2. The Hall–Kier alpha value is -3.79. The molecule has 3 amide bonds. The quantitative estimate of drug-likeness (QED) is 0.207. The molecule has 8 nitrogen and oxygen atoms in total. The molecule has 1 aliphatic heterocycles. The van der Waals surface area contributed by atoms with Crippen LogP contribution in [0.2, 0.25) is 0 Å². The van der Waals surface area contributed by atoms with Crippen molar-refractivity contribution in [3.8, 4) is 11.1 Å². The van der Waals surface area contributed by atoms with Crippen LogP contribution in [0.5, 0.6) is 0 Å². The van der Waals surface area contributed by atoms with Gasteiger partial charge in [-0.25, -0.2) is 0 Å². The van der Waals surface area contributed by atoms with Crippen molar-refractivity contribution in [3.05, 3.63) is 94.2 Å². The maximum absolute atomic E-state index is 14.5. The summed E-state index contributed by atoms with van der Waals surface area (Å²) in [6, 6.07) is 21.1. The summed E-state index contributed by atoms with van der Waals surface area (Å²) < 4.78 is 0. The number of carbonyl (C=O) groups is 3. The number of benzene rings is 2. The lowest BCUT2D eigenvalue weighted by Crippen LogP contribution is -2.56. The molecule has 9 heteroatoms. The number of nitrogens with two attached hydrogens (primary N) is 1. The lowest BCUT2D eigenvalue weighted by atomic mass is 9.96. The molecule has 0 radical (unpaired) electrons. The molecular weight excluding hydrogens is 619 g/mol. The molecule has 2 aromatic carbocycles. The van der Waals surface area contributed by atoms with Crippen molar-refractivity contribution in [2.75, 3.05) is 34.2 Å². The fourth-order valence-electron chi connectivity index (χ4n) is 6.55. The zero-order valence-corrected chi connectivity index (χ0v) is 30.3. The molecule has 4 rings (SSSR count). The third-order valence-electron chi connectivity index (χ3n) is 9.24. The van der Waals surface area contributed by atoms with E-state index in [-0.39, 0.29) is 17.7 Å². The van der Waals surface area contributed by atoms with Crippen LogP contribution in [0.1, 0.15) is 56.9 Å². The summed E-state index contributed by atoms with van der Waals surface area (Å²) >= 11 is 1.57. The summed E-state index contributed by atoms with van der Waals surface area (Å²) in [5, 5.41) is 5.11. The topological polar surface area (TPSA) is 99.0 Å². The van der Waals surface area contributed by atoms with Crippen LogP contribution in [0.4, 0.5) is 0 Å². The molecule has 3 atom stereocenters. The van der Waals surface area contributed by atoms with Crippen LogP contribution in [-0.4, -0.2) is 90.3 Å². The minimum Gasteiger partial charge on any atom is -0.354 e. The minimum absolute atomic E-state index is 0.180. The van der Waals surface area contributed by atoms with Gasteiger partial charge < -0.3 is 25.8 Å². The van der Waals surface area contributed by atoms with Crippen LogP contribution in [0.3, 0.4) is 0 Å². The Morgan fingerprint density at radius 2 is 1.67 bits per heavy atom. The van der Waals surface area contributed by atoms with E-state index in [0.29, 0.717) is 31.8 Å². The normalized spacial score (nSPS) is 16.7. The Balaban J connectivity index is 1.58. The highest BCUT2D eigenvalue weighted by molar-refractivity contribution is 7.09. The van der Waals surface area contributed by atoms with Crippen LogP contribution >= 0.6 is 11.3 Å². The van der Waals surface area contributed by atoms with E-state index < -0.39 is 17.6 Å². The van der Waals surface area contributed by atoms with E-state index in [9.17, 15) is 14.4 Å². The van der Waals surface area contributed by atoms with Gasteiger partial charge in [0.1, 0.15) is 12.1 Å². The van der Waals surface area contributed by atoms with Crippen LogP contribution in [0.15, 0.2) is 83.8 Å². The maximum atomic E-state index is 14.5. The lowest BCUT2D eigenvalue weighted by molar-refractivity contribution is -0.146. The zero-order chi connectivity index (χ0) is 34.8. The number of hydrogen-bond donors (Lipinski definition) is 2. The largest absolute Gasteiger partial charge is 0.354 e. The van der Waals surface area contributed by atoms with Gasteiger partial charge in [-0.3, -0.25) is 14.4 Å². The Bertz CT molecular complexity index is 1520. The number of nitrogens with one attached hydrogen (secondary N) is 1. The van der Waals surface area contributed by atoms with Crippen molar-refractivity contribution in [1.82, 2.24) is 20.0 Å². The number of carbonyl (C=O) groups excluding carboxylic acids is 3. The molecule has 2 heterocycles. The van der Waals surface area contributed by atoms with Crippen LogP contribution in [-0.2, 0) is 27.2 Å². The lowest BCUT2D eigenvalue weighted by Gasteiger charge is -2.34. The fourth-order valence-corrected chi connectivity index (χ4v) is 7.29. The smallest absolute Gasteiger partial charge is 0.246 e. The summed E-state index contributed by atoms with van der Waals surface area (Å²) in [4.78, 5) is 48.4. The highest BCUT2D eigenvalue weighted by Gasteiger charge is 2.35. The SMILES string of the molecule is C/C(=C\C(=O)N(C)[C@H](Cc1ccc(-c2ccccc2)cc1)C(=O)N(C)[C@H](Cc1cccs1)C(=O)NCCC1CCCN1C)CC(C)(C)N. The molecular formula is C39H53N5O3S. The predicted molar refractivity (Wildman–Crippen MR) is 197 cm³/mol. The van der Waals surface area contributed by atoms with Crippen molar-refractivity contribution in [1.29, 1.82) is 0 Å². The number of likely N-dealkylation sites (tertiary alicyclic amines) is 1. The molecule has 0 aliphatic carbocycles. The second-order valence-corrected chi connectivity index (χ2v) is 15.0. The first-order valence-corrected chi connectivity index (χ1v) is 17.8. The molecule has 0 saturated carbocycles. The van der Waals surface area contributed by atoms with Gasteiger partial charge >= 0.3 is 0 Å². The van der Waals surface area contributed by atoms with Crippen LogP contribution in [0, 0.1) is 0 Å². The van der Waals surface area contributed by atoms with Gasteiger partial charge in [0.2, 0.25) is 17.7 Å². The molecule has 3 N–H and O–H groups in total. The summed E-state index contributed by atoms with van der Waals surface area (Å²) in [5.41, 5.74) is 9.69. The molecule has 1 aromatic heterocycles. The molecule has 1 aliphatic rings. The third-order valence-corrected chi connectivity index (χ3v) is 10.1. The molecule has 1 saturated heterocycles. The van der Waals surface area contributed by atoms with Crippen molar-refractivity contribution >= 4 is 29.1 Å². The van der Waals surface area contributed by atoms with Gasteiger partial charge in [-0.15, -0.1) is 11.3 Å². The average molecular weight is 672 g/mol. The average Bonchev–Trinajstić information content (AvgIpc) is 3.72. The highest BCUT2D eigenvalue weighted by Crippen LogP contribution is 2.23. The first-order valence-electron chi connectivity index (χ1n) is 17.0. The maximum Gasteiger partial charge on any atom is 0.246 e. The van der Waals surface area contributed by atoms with Gasteiger partial charge in [0.05, 0.1) is 0 Å². The second kappa shape index (κ2) is 17.0. The van der Waals surface area contributed by atoms with Gasteiger partial charge in [-0.2, -0.15) is 0 Å². The first-order chi connectivity index (χ1) is 22.8. The summed E-state index contributed by atoms with van der Waals surface area (Å²) in [5.74, 6) is -0.736. The highest BCUT2D eigenvalue weighted by atomic mass is 32.1. The summed E-state index contributed by atoms with van der Waals surface area (Å²) in [6.07, 6.45) is 6.00. The van der Waals surface area contributed by atoms with Crippen molar-refractivity contribution in [3.63, 3.8) is 0 Å². The van der Waals surface area contributed by atoms with Gasteiger partial charge in [0.15, 0.2) is 0 Å². The van der Waals surface area contributed by atoms with E-state index in [1.54, 1.807) is 36.4 Å². The zero-order valence-electron chi connectivity index (χ0n) is 29.4. The monoisotopic (exact) mass is 671 g/mol. The van der Waals surface area contributed by atoms with Crippen molar-refractivity contribution in [2.24, 2.45) is 5.73 Å². The van der Waals surface area contributed by atoms with E-state index in [2.05, 4.69) is 29.4 Å². The number of hydrogen-bond acceptors (Lipinski definition) is 6. The van der Waals surface area contributed by atoms with Gasteiger partial charge in [-0.05, 0) is 88.2 Å². The fraction of sp³-hybridized carbons (Fsp3) is 0.462. The van der Waals surface area contributed by atoms with Gasteiger partial charge in [-0.1, -0.05) is 66.2 Å². The molecule has 0 bridgehead atoms. The summed E-state index contributed by atoms with van der Waals surface area (Å²) in [6.45, 7) is 7.36. The molecule has 258 valence electrons. The first kappa shape index (κ1) is 37.0. The molecule has 0 spiro atoms. The number of thiophene rings is 1. The van der Waals surface area contributed by atoms with E-state index in [1.807, 2.05) is 80.7 Å². The number of amides is 3. The third kappa shape index (κ3) is 10.6. The number of likely N-dealkylation sites (N-methyl/N-ethyl adjacent to an activating group) is 2. The van der Waals surface area contributed by atoms with Gasteiger partial charge in [0.25, 0.3) is 0 Å². The van der Waals surface area contributed by atoms with E-state index in [4.69, 9.17) is 5.73 Å². The second-order valence-electron chi connectivity index (χ2n) is 14.0. The summed E-state index contributed by atoms with van der Waals surface area (Å²) in [7, 11) is 5.49. The molecule has 1 unspecified atom stereocenters. The van der Waals surface area contributed by atoms with Gasteiger partial charge in [0, 0.05) is 56.0 Å². The van der Waals surface area contributed by atoms with E-state index in [0.717, 1.165) is 46.5 Å². The van der Waals surface area contributed by atoms with E-state index >= 15 is 0 Å². The molecule has 1 fully saturated rings. The van der Waals surface area contributed by atoms with Crippen LogP contribution in [0.25, 0.3) is 11.1 Å². The number of rotatable bonds is 15. The van der Waals surface area contributed by atoms with E-state index in [1.165, 1.54) is 11.3 Å². The molecule has 3 aromatic rings. The molecule has 48 heavy (non-hydrogen) atoms. The Morgan fingerprint density at radius 1 is 0.979 bits per heavy atom.